The molecule has 1 N–H and O–H groups in total. The van der Waals surface area contributed by atoms with Crippen molar-refractivity contribution in [1.29, 1.82) is 0 Å². The van der Waals surface area contributed by atoms with Crippen LogP contribution in [0.15, 0.2) is 28.8 Å². The summed E-state index contributed by atoms with van der Waals surface area (Å²) >= 11 is 0. The molecule has 0 saturated heterocycles. The van der Waals surface area contributed by atoms with Gasteiger partial charge in [0.25, 0.3) is 0 Å². The van der Waals surface area contributed by atoms with E-state index in [4.69, 9.17) is 4.52 Å². The molecule has 1 heterocycles. The molecular weight excluding hydrogens is 238 g/mol. The van der Waals surface area contributed by atoms with Crippen molar-refractivity contribution in [3.63, 3.8) is 0 Å². The highest BCUT2D eigenvalue weighted by Crippen LogP contribution is 2.24. The molecule has 0 radical (unpaired) electrons. The van der Waals surface area contributed by atoms with E-state index in [1.165, 1.54) is 12.1 Å². The van der Waals surface area contributed by atoms with E-state index < -0.39 is 11.6 Å². The Kier molecular flexibility index (Phi) is 4.04. The van der Waals surface area contributed by atoms with Gasteiger partial charge in [-0.2, -0.15) is 0 Å². The fraction of sp³-hybridized carbons (Fsp3) is 0.308. The molecule has 18 heavy (non-hydrogen) atoms. The number of halogens is 2. The fourth-order valence-electron chi connectivity index (χ4n) is 1.60. The molecule has 0 atom stereocenters. The van der Waals surface area contributed by atoms with Crippen molar-refractivity contribution >= 4 is 0 Å². The first-order valence-corrected chi connectivity index (χ1v) is 5.82. The second-order valence-electron chi connectivity index (χ2n) is 3.98. The van der Waals surface area contributed by atoms with Crippen LogP contribution in [-0.4, -0.2) is 11.7 Å². The van der Waals surface area contributed by atoms with Crippen LogP contribution >= 0.6 is 0 Å². The molecule has 2 aromatic rings. The monoisotopic (exact) mass is 252 g/mol. The molecule has 0 amide bonds. The molecule has 5 heteroatoms. The molecule has 0 fully saturated rings. The summed E-state index contributed by atoms with van der Waals surface area (Å²) < 4.78 is 31.3. The molecule has 0 unspecified atom stereocenters. The highest BCUT2D eigenvalue weighted by Gasteiger charge is 2.11. The van der Waals surface area contributed by atoms with Crippen molar-refractivity contribution in [2.24, 2.45) is 0 Å². The van der Waals surface area contributed by atoms with E-state index in [1.807, 2.05) is 0 Å². The number of nitrogens with zero attached hydrogens (tertiary/aromatic N) is 1. The second-order valence-corrected chi connectivity index (χ2v) is 3.98. The van der Waals surface area contributed by atoms with Gasteiger partial charge in [-0.25, -0.2) is 8.78 Å². The minimum Gasteiger partial charge on any atom is -0.356 e. The first-order valence-electron chi connectivity index (χ1n) is 5.82. The summed E-state index contributed by atoms with van der Waals surface area (Å²) in [6, 6.07) is 5.01. The van der Waals surface area contributed by atoms with Crippen molar-refractivity contribution in [3.8, 4) is 11.3 Å². The Labute approximate surface area is 104 Å². The zero-order chi connectivity index (χ0) is 13.0. The summed E-state index contributed by atoms with van der Waals surface area (Å²) in [4.78, 5) is 0. The lowest BCUT2D eigenvalue weighted by molar-refractivity contribution is 0.418. The lowest BCUT2D eigenvalue weighted by Crippen LogP contribution is -2.13. The van der Waals surface area contributed by atoms with E-state index in [0.29, 0.717) is 18.0 Å². The van der Waals surface area contributed by atoms with Crippen LogP contribution in [-0.2, 0) is 6.54 Å². The van der Waals surface area contributed by atoms with Crippen LogP contribution in [0.5, 0.6) is 0 Å². The molecule has 0 bridgehead atoms. The van der Waals surface area contributed by atoms with Gasteiger partial charge in [-0.3, -0.25) is 0 Å². The van der Waals surface area contributed by atoms with Crippen LogP contribution < -0.4 is 5.32 Å². The average molecular weight is 252 g/mol. The minimum atomic E-state index is -0.654. The highest BCUT2D eigenvalue weighted by molar-refractivity contribution is 5.58. The smallest absolute Gasteiger partial charge is 0.170 e. The summed E-state index contributed by atoms with van der Waals surface area (Å²) in [5.74, 6) is -0.958. The maximum absolute atomic E-state index is 13.5. The average Bonchev–Trinajstić information content (AvgIpc) is 2.78. The molecule has 1 aromatic heterocycles. The van der Waals surface area contributed by atoms with E-state index in [1.54, 1.807) is 6.07 Å². The maximum atomic E-state index is 13.5. The zero-order valence-electron chi connectivity index (χ0n) is 10.0. The van der Waals surface area contributed by atoms with Gasteiger partial charge in [0.2, 0.25) is 0 Å². The van der Waals surface area contributed by atoms with Gasteiger partial charge in [-0.05, 0) is 25.1 Å². The Morgan fingerprint density at radius 3 is 2.83 bits per heavy atom. The van der Waals surface area contributed by atoms with Gasteiger partial charge in [0.1, 0.15) is 11.6 Å². The van der Waals surface area contributed by atoms with E-state index >= 15 is 0 Å². The van der Waals surface area contributed by atoms with E-state index in [0.717, 1.165) is 19.0 Å². The predicted molar refractivity (Wildman–Crippen MR) is 63.9 cm³/mol. The van der Waals surface area contributed by atoms with Crippen LogP contribution in [0.25, 0.3) is 11.3 Å². The summed E-state index contributed by atoms with van der Waals surface area (Å²) in [7, 11) is 0. The van der Waals surface area contributed by atoms with Crippen molar-refractivity contribution in [2.75, 3.05) is 6.54 Å². The van der Waals surface area contributed by atoms with Gasteiger partial charge in [0, 0.05) is 18.7 Å². The Morgan fingerprint density at radius 2 is 2.11 bits per heavy atom. The molecule has 0 aliphatic carbocycles. The standard InChI is InChI=1S/C13H14F2N2O/c1-2-5-16-8-10-7-13(18-17-10)11-4-3-9(14)6-12(11)15/h3-4,6-7,16H,2,5,8H2,1H3. The van der Waals surface area contributed by atoms with Crippen molar-refractivity contribution in [3.05, 3.63) is 41.6 Å². The van der Waals surface area contributed by atoms with Crippen LogP contribution in [0.1, 0.15) is 19.0 Å². The highest BCUT2D eigenvalue weighted by atomic mass is 19.1. The first-order chi connectivity index (χ1) is 8.70. The van der Waals surface area contributed by atoms with Crippen molar-refractivity contribution in [2.45, 2.75) is 19.9 Å². The third kappa shape index (κ3) is 2.92. The number of hydrogen-bond acceptors (Lipinski definition) is 3. The lowest BCUT2D eigenvalue weighted by atomic mass is 10.1. The Morgan fingerprint density at radius 1 is 1.28 bits per heavy atom. The quantitative estimate of drug-likeness (QED) is 0.831. The van der Waals surface area contributed by atoms with Crippen LogP contribution in [0.2, 0.25) is 0 Å². The third-order valence-electron chi connectivity index (χ3n) is 2.49. The van der Waals surface area contributed by atoms with Gasteiger partial charge in [0.05, 0.1) is 11.3 Å². The maximum Gasteiger partial charge on any atom is 0.170 e. The zero-order valence-corrected chi connectivity index (χ0v) is 10.0. The topological polar surface area (TPSA) is 38.1 Å². The van der Waals surface area contributed by atoms with Crippen molar-refractivity contribution < 1.29 is 13.3 Å². The van der Waals surface area contributed by atoms with Gasteiger partial charge in [-0.1, -0.05) is 12.1 Å². The normalized spacial score (nSPS) is 10.8. The minimum absolute atomic E-state index is 0.214. The van der Waals surface area contributed by atoms with Gasteiger partial charge < -0.3 is 9.84 Å². The SMILES string of the molecule is CCCNCc1cc(-c2ccc(F)cc2F)on1. The van der Waals surface area contributed by atoms with E-state index in [2.05, 4.69) is 17.4 Å². The molecule has 2 rings (SSSR count). The predicted octanol–water partition coefficient (Wildman–Crippen LogP) is 3.12. The first kappa shape index (κ1) is 12.7. The van der Waals surface area contributed by atoms with Gasteiger partial charge in [-0.15, -0.1) is 0 Å². The van der Waals surface area contributed by atoms with E-state index in [-0.39, 0.29) is 5.56 Å². The van der Waals surface area contributed by atoms with E-state index in [9.17, 15) is 8.78 Å². The second kappa shape index (κ2) is 5.73. The summed E-state index contributed by atoms with van der Waals surface area (Å²) in [6.07, 6.45) is 1.03. The van der Waals surface area contributed by atoms with Crippen LogP contribution in [0, 0.1) is 11.6 Å². The fourth-order valence-corrected chi connectivity index (χ4v) is 1.60. The van der Waals surface area contributed by atoms with Crippen molar-refractivity contribution in [1.82, 2.24) is 10.5 Å². The molecule has 0 aliphatic heterocycles. The summed E-state index contributed by atoms with van der Waals surface area (Å²) in [5, 5.41) is 6.99. The van der Waals surface area contributed by atoms with Crippen LogP contribution in [0.4, 0.5) is 8.78 Å². The molecule has 96 valence electrons. The molecule has 3 nitrogen and oxygen atoms in total. The summed E-state index contributed by atoms with van der Waals surface area (Å²) in [6.45, 7) is 3.52. The Bertz CT molecular complexity index is 525. The largest absolute Gasteiger partial charge is 0.356 e. The third-order valence-corrected chi connectivity index (χ3v) is 2.49. The number of aromatic nitrogens is 1. The molecule has 0 aliphatic rings. The molecular formula is C13H14F2N2O. The number of benzene rings is 1. The van der Waals surface area contributed by atoms with Gasteiger partial charge in [0.15, 0.2) is 5.76 Å². The summed E-state index contributed by atoms with van der Waals surface area (Å²) in [5.41, 5.74) is 0.910. The number of rotatable bonds is 5. The Balaban J connectivity index is 2.13. The molecule has 0 spiro atoms. The Hall–Kier alpha value is -1.75. The van der Waals surface area contributed by atoms with Gasteiger partial charge >= 0.3 is 0 Å². The number of hydrogen-bond donors (Lipinski definition) is 1. The molecule has 0 saturated carbocycles. The molecule has 1 aromatic carbocycles. The lowest BCUT2D eigenvalue weighted by Gasteiger charge is -1.98. The van der Waals surface area contributed by atoms with Crippen LogP contribution in [0.3, 0.4) is 0 Å². The number of nitrogens with one attached hydrogen (secondary N) is 1.